The van der Waals surface area contributed by atoms with Crippen LogP contribution in [0, 0.1) is 0 Å². The van der Waals surface area contributed by atoms with Crippen molar-refractivity contribution < 1.29 is 14.3 Å². The lowest BCUT2D eigenvalue weighted by atomic mass is 10.0. The van der Waals surface area contributed by atoms with Crippen molar-refractivity contribution in [1.82, 2.24) is 5.32 Å². The molecule has 0 aliphatic carbocycles. The summed E-state index contributed by atoms with van der Waals surface area (Å²) in [7, 11) is 0. The molecule has 120 valence electrons. The van der Waals surface area contributed by atoms with Gasteiger partial charge in [-0.3, -0.25) is 4.79 Å². The highest BCUT2D eigenvalue weighted by molar-refractivity contribution is 6.09. The van der Waals surface area contributed by atoms with Crippen LogP contribution in [0.25, 0.3) is 10.8 Å². The zero-order valence-electron chi connectivity index (χ0n) is 13.1. The number of ketones is 1. The summed E-state index contributed by atoms with van der Waals surface area (Å²) in [4.78, 5) is 24.1. The monoisotopic (exact) mass is 319 g/mol. The van der Waals surface area contributed by atoms with Gasteiger partial charge in [0, 0.05) is 5.56 Å². The minimum absolute atomic E-state index is 0.0956. The van der Waals surface area contributed by atoms with Gasteiger partial charge in [0.2, 0.25) is 0 Å². The third-order valence-electron chi connectivity index (χ3n) is 3.70. The second kappa shape index (κ2) is 7.42. The standard InChI is InChI=1S/C20H17NO3/c22-19(18-12-6-10-16-9-4-5-11-17(16)18)13-21-20(23)24-14-15-7-2-1-3-8-15/h1-12H,13-14H2,(H,21,23). The maximum Gasteiger partial charge on any atom is 0.407 e. The minimum Gasteiger partial charge on any atom is -0.445 e. The molecule has 0 aliphatic heterocycles. The van der Waals surface area contributed by atoms with Crippen molar-refractivity contribution >= 4 is 22.6 Å². The third-order valence-corrected chi connectivity index (χ3v) is 3.70. The molecule has 0 radical (unpaired) electrons. The number of carbonyl (C=O) groups excluding carboxylic acids is 2. The fraction of sp³-hybridized carbons (Fsp3) is 0.100. The molecule has 3 rings (SSSR count). The Balaban J connectivity index is 1.58. The molecule has 4 heteroatoms. The predicted octanol–water partition coefficient (Wildman–Crippen LogP) is 3.95. The summed E-state index contributed by atoms with van der Waals surface area (Å²) >= 11 is 0. The molecule has 1 N–H and O–H groups in total. The van der Waals surface area contributed by atoms with E-state index >= 15 is 0 Å². The summed E-state index contributed by atoms with van der Waals surface area (Å²) in [6.07, 6.45) is -0.604. The first-order valence-electron chi connectivity index (χ1n) is 7.69. The zero-order chi connectivity index (χ0) is 16.8. The third kappa shape index (κ3) is 3.79. The van der Waals surface area contributed by atoms with E-state index in [1.165, 1.54) is 0 Å². The largest absolute Gasteiger partial charge is 0.445 e. The summed E-state index contributed by atoms with van der Waals surface area (Å²) in [6, 6.07) is 22.6. The van der Waals surface area contributed by atoms with Gasteiger partial charge in [-0.1, -0.05) is 72.8 Å². The van der Waals surface area contributed by atoms with Crippen molar-refractivity contribution in [3.63, 3.8) is 0 Å². The zero-order valence-corrected chi connectivity index (χ0v) is 13.1. The Bertz CT molecular complexity index is 854. The Labute approximate surface area is 140 Å². The van der Waals surface area contributed by atoms with Crippen molar-refractivity contribution in [2.45, 2.75) is 6.61 Å². The Morgan fingerprint density at radius 1 is 0.833 bits per heavy atom. The molecule has 0 bridgehead atoms. The van der Waals surface area contributed by atoms with Gasteiger partial charge >= 0.3 is 6.09 Å². The number of nitrogens with one attached hydrogen (secondary N) is 1. The average molecular weight is 319 g/mol. The number of alkyl carbamates (subject to hydrolysis) is 1. The predicted molar refractivity (Wildman–Crippen MR) is 92.9 cm³/mol. The van der Waals surface area contributed by atoms with Crippen LogP contribution in [0.1, 0.15) is 15.9 Å². The van der Waals surface area contributed by atoms with Crippen LogP contribution in [0.4, 0.5) is 4.79 Å². The van der Waals surface area contributed by atoms with E-state index in [4.69, 9.17) is 4.74 Å². The van der Waals surface area contributed by atoms with E-state index in [1.54, 1.807) is 6.07 Å². The van der Waals surface area contributed by atoms with Crippen molar-refractivity contribution in [3.8, 4) is 0 Å². The van der Waals surface area contributed by atoms with Gasteiger partial charge in [0.05, 0.1) is 6.54 Å². The quantitative estimate of drug-likeness (QED) is 0.725. The second-order valence-electron chi connectivity index (χ2n) is 5.37. The smallest absolute Gasteiger partial charge is 0.407 e. The number of hydrogen-bond acceptors (Lipinski definition) is 3. The molecule has 0 atom stereocenters. The highest BCUT2D eigenvalue weighted by Crippen LogP contribution is 2.18. The molecule has 0 aliphatic rings. The first kappa shape index (κ1) is 15.7. The van der Waals surface area contributed by atoms with Crippen LogP contribution >= 0.6 is 0 Å². The molecule has 0 heterocycles. The first-order valence-corrected chi connectivity index (χ1v) is 7.69. The molecule has 4 nitrogen and oxygen atoms in total. The van der Waals surface area contributed by atoms with E-state index in [2.05, 4.69) is 5.32 Å². The second-order valence-corrected chi connectivity index (χ2v) is 5.37. The van der Waals surface area contributed by atoms with Gasteiger partial charge in [0.1, 0.15) is 6.61 Å². The topological polar surface area (TPSA) is 55.4 Å². The lowest BCUT2D eigenvalue weighted by Crippen LogP contribution is -2.30. The van der Waals surface area contributed by atoms with Gasteiger partial charge in [-0.05, 0) is 16.3 Å². The fourth-order valence-electron chi connectivity index (χ4n) is 2.49. The molecule has 0 saturated carbocycles. The number of fused-ring (bicyclic) bond motifs is 1. The van der Waals surface area contributed by atoms with E-state index in [1.807, 2.05) is 66.7 Å². The number of amides is 1. The molecule has 1 amide bonds. The van der Waals surface area contributed by atoms with Crippen LogP contribution < -0.4 is 5.32 Å². The number of rotatable bonds is 5. The Hall–Kier alpha value is -3.14. The SMILES string of the molecule is O=C(NCC(=O)c1cccc2ccccc12)OCc1ccccc1. The average Bonchev–Trinajstić information content (AvgIpc) is 2.64. The van der Waals surface area contributed by atoms with E-state index in [0.717, 1.165) is 16.3 Å². The lowest BCUT2D eigenvalue weighted by molar-refractivity contribution is 0.0975. The molecule has 3 aromatic carbocycles. The molecule has 0 unspecified atom stereocenters. The molecule has 3 aromatic rings. The maximum absolute atomic E-state index is 12.4. The van der Waals surface area contributed by atoms with E-state index in [0.29, 0.717) is 5.56 Å². The molecule has 24 heavy (non-hydrogen) atoms. The molecular weight excluding hydrogens is 302 g/mol. The highest BCUT2D eigenvalue weighted by atomic mass is 16.5. The van der Waals surface area contributed by atoms with Crippen LogP contribution in [-0.2, 0) is 11.3 Å². The minimum atomic E-state index is -0.604. The van der Waals surface area contributed by atoms with Crippen molar-refractivity contribution in [3.05, 3.63) is 83.9 Å². The first-order chi connectivity index (χ1) is 11.7. The van der Waals surface area contributed by atoms with Crippen LogP contribution in [0.2, 0.25) is 0 Å². The molecule has 0 saturated heterocycles. The Morgan fingerprint density at radius 3 is 2.38 bits per heavy atom. The lowest BCUT2D eigenvalue weighted by Gasteiger charge is -2.08. The van der Waals surface area contributed by atoms with E-state index in [9.17, 15) is 9.59 Å². The van der Waals surface area contributed by atoms with Crippen LogP contribution in [-0.4, -0.2) is 18.4 Å². The van der Waals surface area contributed by atoms with E-state index < -0.39 is 6.09 Å². The van der Waals surface area contributed by atoms with Crippen LogP contribution in [0.5, 0.6) is 0 Å². The van der Waals surface area contributed by atoms with Crippen LogP contribution in [0.15, 0.2) is 72.8 Å². The van der Waals surface area contributed by atoms with Gasteiger partial charge in [-0.25, -0.2) is 4.79 Å². The maximum atomic E-state index is 12.4. The summed E-state index contributed by atoms with van der Waals surface area (Å²) in [5.74, 6) is -0.150. The summed E-state index contributed by atoms with van der Waals surface area (Å²) in [6.45, 7) is 0.0801. The van der Waals surface area contributed by atoms with Gasteiger partial charge in [-0.2, -0.15) is 0 Å². The molecule has 0 fully saturated rings. The number of carbonyl (C=O) groups is 2. The van der Waals surface area contributed by atoms with Crippen molar-refractivity contribution in [2.75, 3.05) is 6.54 Å². The van der Waals surface area contributed by atoms with Gasteiger partial charge in [0.15, 0.2) is 5.78 Å². The summed E-state index contributed by atoms with van der Waals surface area (Å²) in [5, 5.41) is 4.38. The molecule has 0 aromatic heterocycles. The summed E-state index contributed by atoms with van der Waals surface area (Å²) in [5.41, 5.74) is 1.49. The normalized spacial score (nSPS) is 10.3. The van der Waals surface area contributed by atoms with E-state index in [-0.39, 0.29) is 18.9 Å². The summed E-state index contributed by atoms with van der Waals surface area (Å²) < 4.78 is 5.10. The Morgan fingerprint density at radius 2 is 1.54 bits per heavy atom. The number of ether oxygens (including phenoxy) is 1. The molecular formula is C20H17NO3. The van der Waals surface area contributed by atoms with Crippen molar-refractivity contribution in [1.29, 1.82) is 0 Å². The molecule has 0 spiro atoms. The number of benzene rings is 3. The number of hydrogen-bond donors (Lipinski definition) is 1. The fourth-order valence-corrected chi connectivity index (χ4v) is 2.49. The highest BCUT2D eigenvalue weighted by Gasteiger charge is 2.11. The van der Waals surface area contributed by atoms with Crippen LogP contribution in [0.3, 0.4) is 0 Å². The number of Topliss-reactive ketones (excluding diaryl/α,β-unsaturated/α-hetero) is 1. The van der Waals surface area contributed by atoms with Crippen molar-refractivity contribution in [2.24, 2.45) is 0 Å². The van der Waals surface area contributed by atoms with Gasteiger partial charge in [-0.15, -0.1) is 0 Å². The van der Waals surface area contributed by atoms with Gasteiger partial charge in [0.25, 0.3) is 0 Å². The van der Waals surface area contributed by atoms with Gasteiger partial charge < -0.3 is 10.1 Å². The Kier molecular flexibility index (Phi) is 4.87.